The zero-order chi connectivity index (χ0) is 45.7. The maximum atomic E-state index is 13.3. The molecule has 2 amide bonds. The third-order valence-corrected chi connectivity index (χ3v) is 13.1. The van der Waals surface area contributed by atoms with Crippen molar-refractivity contribution in [1.82, 2.24) is 35.5 Å². The average Bonchev–Trinajstić information content (AvgIpc) is 3.96. The van der Waals surface area contributed by atoms with E-state index >= 15 is 0 Å². The highest BCUT2D eigenvalue weighted by atomic mass is 79.9. The van der Waals surface area contributed by atoms with Gasteiger partial charge in [-0.3, -0.25) is 9.59 Å². The number of carbonyl (C=O) groups is 2. The molecule has 4 heterocycles. The number of amides is 2. The van der Waals surface area contributed by atoms with Gasteiger partial charge in [0.2, 0.25) is 0 Å². The number of fused-ring (bicyclic) bond motifs is 4. The van der Waals surface area contributed by atoms with E-state index < -0.39 is 0 Å². The minimum atomic E-state index is -0.110. The molecule has 4 aromatic heterocycles. The number of allylic oxidation sites excluding steroid dienone is 2. The van der Waals surface area contributed by atoms with Crippen LogP contribution in [0.2, 0.25) is 0 Å². The van der Waals surface area contributed by atoms with Crippen molar-refractivity contribution in [3.63, 3.8) is 0 Å². The summed E-state index contributed by atoms with van der Waals surface area (Å²) < 4.78 is 2.00. The molecule has 0 saturated carbocycles. The minimum absolute atomic E-state index is 0.0920. The van der Waals surface area contributed by atoms with E-state index in [-0.39, 0.29) is 11.8 Å². The molecule has 2 aliphatic carbocycles. The molecule has 2 atom stereocenters. The summed E-state index contributed by atoms with van der Waals surface area (Å²) in [6.45, 7) is 2.67. The lowest BCUT2D eigenvalue weighted by molar-refractivity contribution is 0.0950. The van der Waals surface area contributed by atoms with Crippen LogP contribution < -0.4 is 16.4 Å². The highest BCUT2D eigenvalue weighted by Crippen LogP contribution is 2.34. The molecule has 2 unspecified atom stereocenters. The maximum absolute atomic E-state index is 13.3. The largest absolute Gasteiger partial charge is 0.360 e. The zero-order valence-electron chi connectivity index (χ0n) is 36.7. The van der Waals surface area contributed by atoms with Gasteiger partial charge in [-0.1, -0.05) is 105 Å². The van der Waals surface area contributed by atoms with Gasteiger partial charge < -0.3 is 31.2 Å². The molecule has 4 aromatic carbocycles. The van der Waals surface area contributed by atoms with E-state index in [2.05, 4.69) is 120 Å². The molecular formula is C54H50Br2N8O2. The fourth-order valence-corrected chi connectivity index (χ4v) is 9.35. The SMILES string of the molecule is CN(C)CC1C=CC(CNC(=O)c2cc(-c3c[nH]c4ccc(Br)cc34)nc3ccccc23)=CC1.NCC1C=CC(CNC(=O)c2cc(-c3c[nH]c4ccc(Br)cc34)nc3ccccc23)=CC1. The van der Waals surface area contributed by atoms with Crippen LogP contribution in [0.5, 0.6) is 0 Å². The Morgan fingerprint density at radius 1 is 0.652 bits per heavy atom. The summed E-state index contributed by atoms with van der Waals surface area (Å²) in [5.74, 6) is 0.710. The number of para-hydroxylation sites is 2. The van der Waals surface area contributed by atoms with Crippen molar-refractivity contribution in [2.75, 3.05) is 40.3 Å². The highest BCUT2D eigenvalue weighted by molar-refractivity contribution is 9.10. The highest BCUT2D eigenvalue weighted by Gasteiger charge is 2.19. The van der Waals surface area contributed by atoms with Crippen LogP contribution in [0.3, 0.4) is 0 Å². The summed E-state index contributed by atoms with van der Waals surface area (Å²) in [6.07, 6.45) is 18.8. The van der Waals surface area contributed by atoms with Gasteiger partial charge in [0.05, 0.1) is 33.5 Å². The third-order valence-electron chi connectivity index (χ3n) is 12.1. The molecule has 12 heteroatoms. The molecule has 10 nitrogen and oxygen atoms in total. The van der Waals surface area contributed by atoms with E-state index in [1.54, 1.807) is 0 Å². The van der Waals surface area contributed by atoms with Crippen molar-refractivity contribution < 1.29 is 9.59 Å². The number of nitrogens with two attached hydrogens (primary N) is 1. The second-order valence-corrected chi connectivity index (χ2v) is 18.9. The number of H-pyrrole nitrogens is 2. The second-order valence-electron chi connectivity index (χ2n) is 17.1. The van der Waals surface area contributed by atoms with E-state index in [1.807, 2.05) is 97.3 Å². The van der Waals surface area contributed by atoms with Crippen LogP contribution >= 0.6 is 31.9 Å². The van der Waals surface area contributed by atoms with E-state index in [0.29, 0.717) is 42.6 Å². The van der Waals surface area contributed by atoms with Crippen molar-refractivity contribution in [2.24, 2.45) is 17.6 Å². The molecular weight excluding hydrogens is 952 g/mol. The Morgan fingerprint density at radius 3 is 1.56 bits per heavy atom. The zero-order valence-corrected chi connectivity index (χ0v) is 39.9. The topological polar surface area (TPSA) is 145 Å². The van der Waals surface area contributed by atoms with Gasteiger partial charge in [-0.25, -0.2) is 9.97 Å². The summed E-state index contributed by atoms with van der Waals surface area (Å²) in [7, 11) is 4.19. The Hall–Kier alpha value is -6.44. The van der Waals surface area contributed by atoms with Crippen LogP contribution in [0, 0.1) is 11.8 Å². The normalized spacial score (nSPS) is 15.8. The van der Waals surface area contributed by atoms with Crippen LogP contribution in [0.25, 0.3) is 66.1 Å². The van der Waals surface area contributed by atoms with Crippen molar-refractivity contribution >= 4 is 87.3 Å². The maximum Gasteiger partial charge on any atom is 0.252 e. The molecule has 0 aliphatic heterocycles. The Morgan fingerprint density at radius 2 is 1.12 bits per heavy atom. The first-order valence-electron chi connectivity index (χ1n) is 22.1. The lowest BCUT2D eigenvalue weighted by atomic mass is 9.96. The summed E-state index contributed by atoms with van der Waals surface area (Å²) in [5, 5.41) is 10.0. The van der Waals surface area contributed by atoms with E-state index in [9.17, 15) is 9.59 Å². The molecule has 0 saturated heterocycles. The average molecular weight is 1000 g/mol. The van der Waals surface area contributed by atoms with Crippen LogP contribution in [0.15, 0.2) is 166 Å². The molecule has 66 heavy (non-hydrogen) atoms. The predicted molar refractivity (Wildman–Crippen MR) is 276 cm³/mol. The van der Waals surface area contributed by atoms with Gasteiger partial charge >= 0.3 is 0 Å². The van der Waals surface area contributed by atoms with Crippen LogP contribution in [-0.2, 0) is 0 Å². The number of pyridine rings is 2. The Kier molecular flexibility index (Phi) is 13.5. The number of rotatable bonds is 11. The first-order chi connectivity index (χ1) is 32.1. The molecule has 2 aliphatic rings. The second kappa shape index (κ2) is 20.0. The number of aromatic amines is 2. The molecule has 0 spiro atoms. The first kappa shape index (κ1) is 44.7. The molecule has 332 valence electrons. The molecule has 0 radical (unpaired) electrons. The number of nitrogens with zero attached hydrogens (tertiary/aromatic N) is 3. The Labute approximate surface area is 400 Å². The predicted octanol–water partition coefficient (Wildman–Crippen LogP) is 11.3. The molecule has 8 aromatic rings. The van der Waals surface area contributed by atoms with Crippen molar-refractivity contribution in [3.05, 3.63) is 177 Å². The fraction of sp³-hybridized carbons (Fsp3) is 0.185. The molecule has 6 N–H and O–H groups in total. The standard InChI is InChI=1S/C28H27BrN4O.C26H23BrN4O/c1-33(2)17-19-9-7-18(8-10-19)15-31-28(34)23-14-27(32-26-6-4-3-5-21(23)26)24-16-30-25-12-11-20(29)13-22(24)25;27-18-9-10-23-20(11-18)22(15-29-23)25-12-21(19-3-1-2-4-24(19)31-25)26(32)30-14-17-7-5-16(13-28)6-8-17/h3-9,11-14,16,19,30H,10,15,17H2,1-2H3,(H,31,34);1-5,7-12,15-16,29H,6,13-14,28H2,(H,30,32). The summed E-state index contributed by atoms with van der Waals surface area (Å²) in [5.41, 5.74) is 16.4. The summed E-state index contributed by atoms with van der Waals surface area (Å²) in [4.78, 5) is 45.1. The summed E-state index contributed by atoms with van der Waals surface area (Å²) >= 11 is 7.11. The van der Waals surface area contributed by atoms with Crippen LogP contribution in [0.1, 0.15) is 33.6 Å². The summed E-state index contributed by atoms with van der Waals surface area (Å²) in [6, 6.07) is 31.6. The quantitative estimate of drug-likeness (QED) is 0.0873. The van der Waals surface area contributed by atoms with Crippen molar-refractivity contribution in [2.45, 2.75) is 12.8 Å². The number of hydrogen-bond donors (Lipinski definition) is 5. The molecule has 10 rings (SSSR count). The monoisotopic (exact) mass is 1000 g/mol. The van der Waals surface area contributed by atoms with Gasteiger partial charge in [-0.05, 0) is 117 Å². The number of carbonyl (C=O) groups excluding carboxylic acids is 2. The van der Waals surface area contributed by atoms with Crippen LogP contribution in [-0.4, -0.2) is 76.9 Å². The number of nitrogens with one attached hydrogen (secondary N) is 4. The van der Waals surface area contributed by atoms with Gasteiger partial charge in [0.25, 0.3) is 11.8 Å². The first-order valence-corrected chi connectivity index (χ1v) is 23.7. The molecule has 0 bridgehead atoms. The lowest BCUT2D eigenvalue weighted by Crippen LogP contribution is -2.27. The van der Waals surface area contributed by atoms with Crippen molar-refractivity contribution in [3.8, 4) is 22.5 Å². The number of benzene rings is 4. The number of aromatic nitrogens is 4. The number of halogens is 2. The van der Waals surface area contributed by atoms with E-state index in [1.165, 1.54) is 0 Å². The van der Waals surface area contributed by atoms with Crippen molar-refractivity contribution in [1.29, 1.82) is 0 Å². The fourth-order valence-electron chi connectivity index (χ4n) is 8.63. The number of hydrogen-bond acceptors (Lipinski definition) is 6. The lowest BCUT2D eigenvalue weighted by Gasteiger charge is -2.20. The van der Waals surface area contributed by atoms with Gasteiger partial charge in [0.15, 0.2) is 0 Å². The smallest absolute Gasteiger partial charge is 0.252 e. The van der Waals surface area contributed by atoms with Gasteiger partial charge in [-0.15, -0.1) is 0 Å². The van der Waals surface area contributed by atoms with Crippen LogP contribution in [0.4, 0.5) is 0 Å². The van der Waals surface area contributed by atoms with Gasteiger partial charge in [0.1, 0.15) is 0 Å². The van der Waals surface area contributed by atoms with Gasteiger partial charge in [-0.2, -0.15) is 0 Å². The minimum Gasteiger partial charge on any atom is -0.360 e. The van der Waals surface area contributed by atoms with Gasteiger partial charge in [0, 0.05) is 84.7 Å². The Balaban J connectivity index is 0.000000166. The Bertz CT molecular complexity index is 3250. The van der Waals surface area contributed by atoms with E-state index in [4.69, 9.17) is 15.7 Å². The third kappa shape index (κ3) is 10.0. The van der Waals surface area contributed by atoms with E-state index in [0.717, 1.165) is 106 Å². The molecule has 0 fully saturated rings.